The molecule has 0 aliphatic rings. The lowest BCUT2D eigenvalue weighted by atomic mass is 10.2. The number of sulfonamides is 1. The highest BCUT2D eigenvalue weighted by atomic mass is 35.5. The topological polar surface area (TPSA) is 118 Å². The highest BCUT2D eigenvalue weighted by Gasteiger charge is 2.23. The zero-order chi connectivity index (χ0) is 23.6. The van der Waals surface area contributed by atoms with Crippen molar-refractivity contribution in [3.8, 4) is 0 Å². The second-order valence-corrected chi connectivity index (χ2v) is 9.44. The summed E-state index contributed by atoms with van der Waals surface area (Å²) in [5.74, 6) is -0.512. The minimum atomic E-state index is -4.13. The molecule has 0 aliphatic heterocycles. The van der Waals surface area contributed by atoms with Gasteiger partial charge in [0, 0.05) is 5.69 Å². The van der Waals surface area contributed by atoms with Crippen LogP contribution in [0.25, 0.3) is 0 Å². The lowest BCUT2D eigenvalue weighted by Crippen LogP contribution is -2.41. The molecule has 3 aromatic rings. The number of hydrazine groups is 1. The van der Waals surface area contributed by atoms with Gasteiger partial charge in [0.1, 0.15) is 16.4 Å². The van der Waals surface area contributed by atoms with Crippen LogP contribution in [-0.2, 0) is 10.0 Å². The first-order valence-electron chi connectivity index (χ1n) is 9.24. The van der Waals surface area contributed by atoms with E-state index in [1.165, 1.54) is 6.07 Å². The van der Waals surface area contributed by atoms with Crippen LogP contribution >= 0.6 is 23.2 Å². The molecule has 0 unspecified atom stereocenters. The summed E-state index contributed by atoms with van der Waals surface area (Å²) < 4.78 is 33.4. The van der Waals surface area contributed by atoms with Gasteiger partial charge in [-0.3, -0.25) is 25.2 Å². The molecule has 0 bridgehead atoms. The predicted octanol–water partition coefficient (Wildman–Crippen LogP) is 4.39. The number of furan rings is 1. The van der Waals surface area contributed by atoms with Crippen LogP contribution in [0.4, 0.5) is 5.69 Å². The Kier molecular flexibility index (Phi) is 6.82. The van der Waals surface area contributed by atoms with Crippen LogP contribution < -0.4 is 15.6 Å². The van der Waals surface area contributed by atoms with Crippen LogP contribution in [0.1, 0.15) is 37.8 Å². The van der Waals surface area contributed by atoms with Gasteiger partial charge in [-0.05, 0) is 56.7 Å². The van der Waals surface area contributed by atoms with Crippen molar-refractivity contribution in [3.05, 3.63) is 80.7 Å². The molecular weight excluding hydrogens is 477 g/mol. The molecular formula is C21H19Cl2N3O5S. The summed E-state index contributed by atoms with van der Waals surface area (Å²) in [6.07, 6.45) is 0. The first kappa shape index (κ1) is 23.6. The average molecular weight is 496 g/mol. The SMILES string of the molecule is Cc1cccc(NS(=O)(=O)c2cc(C(=O)NNC(=O)c3cc(C)oc3C)c(Cl)cc2Cl)c1. The van der Waals surface area contributed by atoms with E-state index in [2.05, 4.69) is 15.6 Å². The van der Waals surface area contributed by atoms with Crippen LogP contribution in [0.3, 0.4) is 0 Å². The molecule has 1 heterocycles. The first-order valence-corrected chi connectivity index (χ1v) is 11.5. The van der Waals surface area contributed by atoms with E-state index in [1.54, 1.807) is 32.0 Å². The number of halogens is 2. The van der Waals surface area contributed by atoms with E-state index in [1.807, 2.05) is 13.0 Å². The van der Waals surface area contributed by atoms with Crippen LogP contribution in [0.15, 0.2) is 51.8 Å². The zero-order valence-electron chi connectivity index (χ0n) is 17.2. The lowest BCUT2D eigenvalue weighted by Gasteiger charge is -2.13. The van der Waals surface area contributed by atoms with Gasteiger partial charge >= 0.3 is 0 Å². The average Bonchev–Trinajstić information content (AvgIpc) is 3.03. The maximum Gasteiger partial charge on any atom is 0.273 e. The number of carbonyl (C=O) groups is 2. The zero-order valence-corrected chi connectivity index (χ0v) is 19.6. The second kappa shape index (κ2) is 9.23. The summed E-state index contributed by atoms with van der Waals surface area (Å²) in [6.45, 7) is 5.11. The third-order valence-electron chi connectivity index (χ3n) is 4.40. The highest BCUT2D eigenvalue weighted by Crippen LogP contribution is 2.30. The Morgan fingerprint density at radius 2 is 1.53 bits per heavy atom. The van der Waals surface area contributed by atoms with Crippen LogP contribution in [0.2, 0.25) is 10.0 Å². The van der Waals surface area contributed by atoms with Gasteiger partial charge in [-0.25, -0.2) is 8.42 Å². The Morgan fingerprint density at radius 3 is 2.12 bits per heavy atom. The molecule has 8 nitrogen and oxygen atoms in total. The van der Waals surface area contributed by atoms with Gasteiger partial charge in [-0.2, -0.15) is 0 Å². The molecule has 168 valence electrons. The quantitative estimate of drug-likeness (QED) is 0.453. The highest BCUT2D eigenvalue weighted by molar-refractivity contribution is 7.92. The van der Waals surface area contributed by atoms with Gasteiger partial charge in [0.05, 0.1) is 21.2 Å². The van der Waals surface area contributed by atoms with Crippen molar-refractivity contribution in [1.82, 2.24) is 10.9 Å². The minimum Gasteiger partial charge on any atom is -0.466 e. The van der Waals surface area contributed by atoms with Crippen LogP contribution in [0.5, 0.6) is 0 Å². The summed E-state index contributed by atoms with van der Waals surface area (Å²) in [4.78, 5) is 24.5. The Bertz CT molecular complexity index is 1320. The lowest BCUT2D eigenvalue weighted by molar-refractivity contribution is 0.0845. The summed E-state index contributed by atoms with van der Waals surface area (Å²) in [7, 11) is -4.13. The number of hydrogen-bond donors (Lipinski definition) is 3. The van der Waals surface area contributed by atoms with E-state index in [-0.39, 0.29) is 26.1 Å². The molecule has 0 radical (unpaired) electrons. The first-order chi connectivity index (χ1) is 15.0. The number of hydrogen-bond acceptors (Lipinski definition) is 5. The summed E-state index contributed by atoms with van der Waals surface area (Å²) in [5, 5.41) is -0.258. The predicted molar refractivity (Wildman–Crippen MR) is 122 cm³/mol. The van der Waals surface area contributed by atoms with E-state index in [4.69, 9.17) is 27.6 Å². The van der Waals surface area contributed by atoms with Gasteiger partial charge in [0.2, 0.25) is 0 Å². The van der Waals surface area contributed by atoms with Gasteiger partial charge < -0.3 is 4.42 Å². The van der Waals surface area contributed by atoms with Crippen molar-refractivity contribution in [2.24, 2.45) is 0 Å². The molecule has 3 rings (SSSR count). The van der Waals surface area contributed by atoms with Gasteiger partial charge in [-0.1, -0.05) is 35.3 Å². The molecule has 3 N–H and O–H groups in total. The largest absolute Gasteiger partial charge is 0.466 e. The Balaban J connectivity index is 1.83. The van der Waals surface area contributed by atoms with E-state index < -0.39 is 21.8 Å². The van der Waals surface area contributed by atoms with E-state index >= 15 is 0 Å². The van der Waals surface area contributed by atoms with E-state index in [0.717, 1.165) is 17.7 Å². The number of carbonyl (C=O) groups excluding carboxylic acids is 2. The number of nitrogens with one attached hydrogen (secondary N) is 3. The standard InChI is InChI=1S/C21H19Cl2N3O5S/c1-11-5-4-6-14(7-11)26-32(29,30)19-9-16(17(22)10-18(19)23)21(28)25-24-20(27)15-8-12(2)31-13(15)3/h4-10,26H,1-3H3,(H,24,27)(H,25,28). The van der Waals surface area contributed by atoms with Crippen LogP contribution in [-0.4, -0.2) is 20.2 Å². The fraction of sp³-hybridized carbons (Fsp3) is 0.143. The molecule has 0 saturated heterocycles. The number of amides is 2. The van der Waals surface area contributed by atoms with Crippen molar-refractivity contribution in [3.63, 3.8) is 0 Å². The summed E-state index contributed by atoms with van der Waals surface area (Å²) >= 11 is 12.2. The fourth-order valence-electron chi connectivity index (χ4n) is 2.93. The monoisotopic (exact) mass is 495 g/mol. The molecule has 11 heteroatoms. The molecule has 2 aromatic carbocycles. The number of benzene rings is 2. The number of rotatable bonds is 5. The molecule has 0 aliphatic carbocycles. The summed E-state index contributed by atoms with van der Waals surface area (Å²) in [5.41, 5.74) is 5.69. The maximum atomic E-state index is 12.9. The fourth-order valence-corrected chi connectivity index (χ4v) is 4.84. The molecule has 32 heavy (non-hydrogen) atoms. The Hall–Kier alpha value is -3.01. The van der Waals surface area contributed by atoms with Crippen molar-refractivity contribution in [2.45, 2.75) is 25.7 Å². The van der Waals surface area contributed by atoms with E-state index in [9.17, 15) is 18.0 Å². The maximum absolute atomic E-state index is 12.9. The smallest absolute Gasteiger partial charge is 0.273 e. The van der Waals surface area contributed by atoms with Gasteiger partial charge in [0.15, 0.2) is 0 Å². The Labute approximate surface area is 194 Å². The van der Waals surface area contributed by atoms with Crippen LogP contribution in [0, 0.1) is 20.8 Å². The second-order valence-electron chi connectivity index (χ2n) is 6.97. The minimum absolute atomic E-state index is 0.0911. The molecule has 2 amide bonds. The number of aryl methyl sites for hydroxylation is 3. The van der Waals surface area contributed by atoms with E-state index in [0.29, 0.717) is 17.2 Å². The molecule has 0 atom stereocenters. The third-order valence-corrected chi connectivity index (χ3v) is 6.56. The Morgan fingerprint density at radius 1 is 0.875 bits per heavy atom. The third kappa shape index (κ3) is 5.24. The van der Waals surface area contributed by atoms with Crippen molar-refractivity contribution in [1.29, 1.82) is 0 Å². The molecule has 0 saturated carbocycles. The number of anilines is 1. The summed E-state index contributed by atoms with van der Waals surface area (Å²) in [6, 6.07) is 10.4. The molecule has 1 aromatic heterocycles. The van der Waals surface area contributed by atoms with Crippen molar-refractivity contribution >= 4 is 50.7 Å². The molecule has 0 spiro atoms. The van der Waals surface area contributed by atoms with Crippen molar-refractivity contribution < 1.29 is 22.4 Å². The molecule has 0 fully saturated rings. The van der Waals surface area contributed by atoms with Gasteiger partial charge in [-0.15, -0.1) is 0 Å². The van der Waals surface area contributed by atoms with Gasteiger partial charge in [0.25, 0.3) is 21.8 Å². The van der Waals surface area contributed by atoms with Crippen molar-refractivity contribution in [2.75, 3.05) is 4.72 Å². The normalized spacial score (nSPS) is 11.2.